The van der Waals surface area contributed by atoms with E-state index in [2.05, 4.69) is 252 Å². The SMILES string of the molecule is c1ccc(-n2c3ccccc3c3ccccc32)c(-c2ccc(N(c3ccc(-c4ccc5ccccc5c4)cc3)c3ccc(-c4ccc5ccccc5c4)cc3)c3ccccc23)c1. The number of anilines is 3. The molecule has 0 atom stereocenters. The van der Waals surface area contributed by atoms with Crippen LogP contribution in [0.5, 0.6) is 0 Å². The molecule has 0 aliphatic carbocycles. The van der Waals surface area contributed by atoms with Crippen molar-refractivity contribution >= 4 is 71.2 Å². The summed E-state index contributed by atoms with van der Waals surface area (Å²) in [6, 6.07) is 88.6. The highest BCUT2D eigenvalue weighted by molar-refractivity contribution is 6.11. The topological polar surface area (TPSA) is 8.17 Å². The number of benzene rings is 11. The fraction of sp³-hybridized carbons (Fsp3) is 0. The Kier molecular flexibility index (Phi) is 8.53. The Morgan fingerprint density at radius 1 is 0.274 bits per heavy atom. The monoisotopic (exact) mass is 788 g/mol. The average molecular weight is 789 g/mol. The first-order valence-corrected chi connectivity index (χ1v) is 21.3. The third-order valence-corrected chi connectivity index (χ3v) is 12.6. The smallest absolute Gasteiger partial charge is 0.0541 e. The zero-order chi connectivity index (χ0) is 41.0. The number of rotatable bonds is 7. The van der Waals surface area contributed by atoms with Crippen LogP contribution in [0.4, 0.5) is 17.1 Å². The average Bonchev–Trinajstić information content (AvgIpc) is 3.68. The maximum Gasteiger partial charge on any atom is 0.0541 e. The van der Waals surface area contributed by atoms with Gasteiger partial charge in [0, 0.05) is 33.1 Å². The van der Waals surface area contributed by atoms with Crippen LogP contribution in [0.25, 0.3) is 93.2 Å². The number of para-hydroxylation sites is 3. The lowest BCUT2D eigenvalue weighted by Crippen LogP contribution is -2.10. The first kappa shape index (κ1) is 35.7. The molecule has 0 unspecified atom stereocenters. The Labute approximate surface area is 360 Å². The largest absolute Gasteiger partial charge is 0.310 e. The maximum atomic E-state index is 2.43. The Bertz CT molecular complexity index is 3460. The molecule has 1 heterocycles. The minimum Gasteiger partial charge on any atom is -0.310 e. The van der Waals surface area contributed by atoms with Crippen molar-refractivity contribution in [3.8, 4) is 39.1 Å². The third-order valence-electron chi connectivity index (χ3n) is 12.6. The number of nitrogens with zero attached hydrogens (tertiary/aromatic N) is 2. The van der Waals surface area contributed by atoms with Crippen molar-refractivity contribution in [2.24, 2.45) is 0 Å². The molecule has 0 aliphatic rings. The molecule has 290 valence electrons. The highest BCUT2D eigenvalue weighted by Gasteiger charge is 2.21. The van der Waals surface area contributed by atoms with Crippen molar-refractivity contribution in [3.05, 3.63) is 243 Å². The van der Waals surface area contributed by atoms with Crippen molar-refractivity contribution < 1.29 is 0 Å². The van der Waals surface area contributed by atoms with Gasteiger partial charge in [0.25, 0.3) is 0 Å². The second-order valence-corrected chi connectivity index (χ2v) is 16.1. The van der Waals surface area contributed by atoms with E-state index in [0.717, 1.165) is 22.7 Å². The summed E-state index contributed by atoms with van der Waals surface area (Å²) >= 11 is 0. The lowest BCUT2D eigenvalue weighted by Gasteiger charge is -2.28. The predicted molar refractivity (Wildman–Crippen MR) is 264 cm³/mol. The number of hydrogen-bond acceptors (Lipinski definition) is 1. The highest BCUT2D eigenvalue weighted by atomic mass is 15.1. The predicted octanol–water partition coefficient (Wildman–Crippen LogP) is 16.7. The summed E-state index contributed by atoms with van der Waals surface area (Å²) in [5, 5.41) is 9.88. The minimum absolute atomic E-state index is 1.09. The van der Waals surface area contributed by atoms with Crippen LogP contribution >= 0.6 is 0 Å². The van der Waals surface area contributed by atoms with Gasteiger partial charge in [0.1, 0.15) is 0 Å². The van der Waals surface area contributed by atoms with Gasteiger partial charge in [0.2, 0.25) is 0 Å². The molecular formula is C60H40N2. The van der Waals surface area contributed by atoms with Crippen molar-refractivity contribution in [2.45, 2.75) is 0 Å². The fourth-order valence-corrected chi connectivity index (χ4v) is 9.56. The maximum absolute atomic E-state index is 2.43. The van der Waals surface area contributed by atoms with Crippen molar-refractivity contribution in [1.29, 1.82) is 0 Å². The van der Waals surface area contributed by atoms with Crippen LogP contribution < -0.4 is 4.90 Å². The molecule has 1 aromatic heterocycles. The molecule has 0 bridgehead atoms. The van der Waals surface area contributed by atoms with E-state index in [1.807, 2.05) is 0 Å². The molecular weight excluding hydrogens is 749 g/mol. The van der Waals surface area contributed by atoms with Crippen LogP contribution in [0.2, 0.25) is 0 Å². The number of hydrogen-bond donors (Lipinski definition) is 0. The van der Waals surface area contributed by atoms with Gasteiger partial charge in [0.15, 0.2) is 0 Å². The molecule has 0 radical (unpaired) electrons. The first-order chi connectivity index (χ1) is 30.7. The van der Waals surface area contributed by atoms with Gasteiger partial charge in [-0.15, -0.1) is 0 Å². The molecule has 2 heteroatoms. The zero-order valence-corrected chi connectivity index (χ0v) is 34.0. The van der Waals surface area contributed by atoms with Crippen molar-refractivity contribution in [3.63, 3.8) is 0 Å². The Balaban J connectivity index is 1.01. The molecule has 0 saturated heterocycles. The Hall–Kier alpha value is -8.20. The van der Waals surface area contributed by atoms with Crippen LogP contribution in [0, 0.1) is 0 Å². The summed E-state index contributed by atoms with van der Waals surface area (Å²) in [6.07, 6.45) is 0. The lowest BCUT2D eigenvalue weighted by atomic mass is 9.94. The van der Waals surface area contributed by atoms with E-state index in [0.29, 0.717) is 0 Å². The van der Waals surface area contributed by atoms with Gasteiger partial charge in [-0.05, 0) is 115 Å². The molecule has 0 aliphatic heterocycles. The third kappa shape index (κ3) is 6.04. The summed E-state index contributed by atoms with van der Waals surface area (Å²) in [7, 11) is 0. The Morgan fingerprint density at radius 3 is 1.27 bits per heavy atom. The van der Waals surface area contributed by atoms with Crippen molar-refractivity contribution in [1.82, 2.24) is 4.57 Å². The van der Waals surface area contributed by atoms with E-state index in [9.17, 15) is 0 Å². The molecule has 12 aromatic rings. The van der Waals surface area contributed by atoms with Gasteiger partial charge in [-0.3, -0.25) is 0 Å². The summed E-state index contributed by atoms with van der Waals surface area (Å²) < 4.78 is 2.43. The molecule has 0 fully saturated rings. The van der Waals surface area contributed by atoms with Crippen LogP contribution in [0.1, 0.15) is 0 Å². The van der Waals surface area contributed by atoms with E-state index in [-0.39, 0.29) is 0 Å². The summed E-state index contributed by atoms with van der Waals surface area (Å²) in [6.45, 7) is 0. The second-order valence-electron chi connectivity index (χ2n) is 16.1. The second kappa shape index (κ2) is 14.8. The van der Waals surface area contributed by atoms with Crippen LogP contribution in [-0.2, 0) is 0 Å². The molecule has 0 N–H and O–H groups in total. The molecule has 0 spiro atoms. The van der Waals surface area contributed by atoms with E-state index in [1.165, 1.54) is 87.5 Å². The molecule has 0 saturated carbocycles. The molecule has 12 rings (SSSR count). The van der Waals surface area contributed by atoms with Gasteiger partial charge >= 0.3 is 0 Å². The molecule has 62 heavy (non-hydrogen) atoms. The number of fused-ring (bicyclic) bond motifs is 6. The minimum atomic E-state index is 1.09. The van der Waals surface area contributed by atoms with Crippen LogP contribution in [-0.4, -0.2) is 4.57 Å². The molecule has 2 nitrogen and oxygen atoms in total. The quantitative estimate of drug-likeness (QED) is 0.156. The van der Waals surface area contributed by atoms with Gasteiger partial charge < -0.3 is 9.47 Å². The number of aromatic nitrogens is 1. The van der Waals surface area contributed by atoms with Crippen LogP contribution in [0.3, 0.4) is 0 Å². The van der Waals surface area contributed by atoms with Gasteiger partial charge in [-0.25, -0.2) is 0 Å². The Morgan fingerprint density at radius 2 is 0.710 bits per heavy atom. The van der Waals surface area contributed by atoms with E-state index >= 15 is 0 Å². The van der Waals surface area contributed by atoms with Gasteiger partial charge in [0.05, 0.1) is 22.4 Å². The van der Waals surface area contributed by atoms with Gasteiger partial charge in [-0.2, -0.15) is 0 Å². The highest BCUT2D eigenvalue weighted by Crippen LogP contribution is 2.45. The normalized spacial score (nSPS) is 11.5. The summed E-state index contributed by atoms with van der Waals surface area (Å²) in [4.78, 5) is 2.42. The van der Waals surface area contributed by atoms with Crippen LogP contribution in [0.15, 0.2) is 243 Å². The standard InChI is InChI=1S/C60H40N2/c1-3-15-45-39-47(27-25-41(45)13-1)43-29-33-49(34-30-43)61(50-35-31-44(32-36-50)48-28-26-42-14-2-4-16-46(42)40-48)60-38-37-52(51-17-5-6-18-53(51)60)54-19-7-10-22-57(54)62-58-23-11-8-20-55(58)56-21-9-12-24-59(56)62/h1-40H. The van der Waals surface area contributed by atoms with Gasteiger partial charge in [-0.1, -0.05) is 182 Å². The fourth-order valence-electron chi connectivity index (χ4n) is 9.56. The van der Waals surface area contributed by atoms with E-state index in [4.69, 9.17) is 0 Å². The first-order valence-electron chi connectivity index (χ1n) is 21.3. The summed E-state index contributed by atoms with van der Waals surface area (Å²) in [5.74, 6) is 0. The van der Waals surface area contributed by atoms with E-state index in [1.54, 1.807) is 0 Å². The molecule has 0 amide bonds. The van der Waals surface area contributed by atoms with E-state index < -0.39 is 0 Å². The summed E-state index contributed by atoms with van der Waals surface area (Å²) in [5.41, 5.74) is 14.0. The lowest BCUT2D eigenvalue weighted by molar-refractivity contribution is 1.18. The van der Waals surface area contributed by atoms with Crippen molar-refractivity contribution in [2.75, 3.05) is 4.90 Å². The zero-order valence-electron chi connectivity index (χ0n) is 34.0. The molecule has 11 aromatic carbocycles.